The zero-order chi connectivity index (χ0) is 11.8. The van der Waals surface area contributed by atoms with E-state index in [0.29, 0.717) is 12.6 Å². The number of rotatable bonds is 7. The van der Waals surface area contributed by atoms with Crippen LogP contribution in [0.1, 0.15) is 26.7 Å². The molecule has 0 aliphatic rings. The van der Waals surface area contributed by atoms with Crippen molar-refractivity contribution < 1.29 is 4.74 Å². The van der Waals surface area contributed by atoms with Crippen LogP contribution in [-0.2, 0) is 0 Å². The van der Waals surface area contributed by atoms with Crippen LogP contribution in [0.15, 0.2) is 36.9 Å². The second-order valence-electron chi connectivity index (χ2n) is 3.84. The number of anilines is 1. The Balaban J connectivity index is 2.60. The Labute approximate surface area is 98.3 Å². The zero-order valence-corrected chi connectivity index (χ0v) is 10.2. The summed E-state index contributed by atoms with van der Waals surface area (Å²) in [5, 5.41) is 3.46. The Bertz CT molecular complexity index is 322. The molecule has 88 valence electrons. The van der Waals surface area contributed by atoms with Crippen LogP contribution < -0.4 is 10.1 Å². The minimum absolute atomic E-state index is 0.430. The third kappa shape index (κ3) is 3.97. The maximum absolute atomic E-state index is 5.56. The van der Waals surface area contributed by atoms with Crippen LogP contribution in [0.3, 0.4) is 0 Å². The van der Waals surface area contributed by atoms with E-state index < -0.39 is 0 Å². The number of para-hydroxylation sites is 2. The summed E-state index contributed by atoms with van der Waals surface area (Å²) in [6.45, 7) is 8.60. The quantitative estimate of drug-likeness (QED) is 0.703. The SMILES string of the molecule is C=CCCC(C)Nc1ccccc1OCC. The van der Waals surface area contributed by atoms with Crippen LogP contribution in [0.5, 0.6) is 5.75 Å². The van der Waals surface area contributed by atoms with Crippen molar-refractivity contribution in [1.29, 1.82) is 0 Å². The van der Waals surface area contributed by atoms with E-state index in [1.54, 1.807) is 0 Å². The topological polar surface area (TPSA) is 21.3 Å². The summed E-state index contributed by atoms with van der Waals surface area (Å²) in [5.74, 6) is 0.926. The van der Waals surface area contributed by atoms with Crippen LogP contribution >= 0.6 is 0 Å². The Morgan fingerprint density at radius 2 is 2.19 bits per heavy atom. The smallest absolute Gasteiger partial charge is 0.142 e. The van der Waals surface area contributed by atoms with E-state index in [-0.39, 0.29) is 0 Å². The molecule has 16 heavy (non-hydrogen) atoms. The maximum atomic E-state index is 5.56. The van der Waals surface area contributed by atoms with Gasteiger partial charge in [0.05, 0.1) is 12.3 Å². The van der Waals surface area contributed by atoms with Crippen molar-refractivity contribution in [2.45, 2.75) is 32.7 Å². The number of allylic oxidation sites excluding steroid dienone is 1. The van der Waals surface area contributed by atoms with Gasteiger partial charge in [0, 0.05) is 6.04 Å². The van der Waals surface area contributed by atoms with E-state index in [1.807, 2.05) is 31.2 Å². The highest BCUT2D eigenvalue weighted by molar-refractivity contribution is 5.56. The molecule has 0 saturated heterocycles. The van der Waals surface area contributed by atoms with Crippen LogP contribution in [0.2, 0.25) is 0 Å². The van der Waals surface area contributed by atoms with Crippen molar-refractivity contribution in [1.82, 2.24) is 0 Å². The predicted octanol–water partition coefficient (Wildman–Crippen LogP) is 3.85. The fourth-order valence-corrected chi connectivity index (χ4v) is 1.57. The number of hydrogen-bond acceptors (Lipinski definition) is 2. The third-order valence-electron chi connectivity index (χ3n) is 2.39. The molecule has 0 spiro atoms. The lowest BCUT2D eigenvalue weighted by atomic mass is 10.1. The van der Waals surface area contributed by atoms with E-state index in [0.717, 1.165) is 24.3 Å². The molecule has 2 nitrogen and oxygen atoms in total. The van der Waals surface area contributed by atoms with Gasteiger partial charge in [-0.1, -0.05) is 18.2 Å². The summed E-state index contributed by atoms with van der Waals surface area (Å²) in [5.41, 5.74) is 1.07. The first kappa shape index (κ1) is 12.6. The van der Waals surface area contributed by atoms with Gasteiger partial charge < -0.3 is 10.1 Å². The van der Waals surface area contributed by atoms with Gasteiger partial charge in [-0.3, -0.25) is 0 Å². The fraction of sp³-hybridized carbons (Fsp3) is 0.429. The molecule has 0 aromatic heterocycles. The molecule has 0 aliphatic carbocycles. The second kappa shape index (κ2) is 6.94. The zero-order valence-electron chi connectivity index (χ0n) is 10.2. The molecule has 0 bridgehead atoms. The van der Waals surface area contributed by atoms with Crippen molar-refractivity contribution in [2.75, 3.05) is 11.9 Å². The summed E-state index contributed by atoms with van der Waals surface area (Å²) in [6, 6.07) is 8.48. The highest BCUT2D eigenvalue weighted by atomic mass is 16.5. The summed E-state index contributed by atoms with van der Waals surface area (Å²) < 4.78 is 5.56. The van der Waals surface area contributed by atoms with Crippen LogP contribution in [0.25, 0.3) is 0 Å². The van der Waals surface area contributed by atoms with Crippen LogP contribution in [0, 0.1) is 0 Å². The fourth-order valence-electron chi connectivity index (χ4n) is 1.57. The molecule has 1 aromatic rings. The number of hydrogen-bond donors (Lipinski definition) is 1. The Morgan fingerprint density at radius 3 is 2.88 bits per heavy atom. The lowest BCUT2D eigenvalue weighted by molar-refractivity contribution is 0.341. The molecule has 1 unspecified atom stereocenters. The van der Waals surface area contributed by atoms with Gasteiger partial charge in [-0.05, 0) is 38.8 Å². The Morgan fingerprint density at radius 1 is 1.44 bits per heavy atom. The van der Waals surface area contributed by atoms with Gasteiger partial charge in [0.2, 0.25) is 0 Å². The Hall–Kier alpha value is -1.44. The highest BCUT2D eigenvalue weighted by Gasteiger charge is 2.05. The average Bonchev–Trinajstić information content (AvgIpc) is 2.29. The summed E-state index contributed by atoms with van der Waals surface area (Å²) in [7, 11) is 0. The van der Waals surface area contributed by atoms with Crippen molar-refractivity contribution in [3.05, 3.63) is 36.9 Å². The summed E-state index contributed by atoms with van der Waals surface area (Å²) in [4.78, 5) is 0. The van der Waals surface area contributed by atoms with Gasteiger partial charge >= 0.3 is 0 Å². The standard InChI is InChI=1S/C14H21NO/c1-4-6-9-12(3)15-13-10-7-8-11-14(13)16-5-2/h4,7-8,10-12,15H,1,5-6,9H2,2-3H3. The lowest BCUT2D eigenvalue weighted by Crippen LogP contribution is -2.15. The van der Waals surface area contributed by atoms with E-state index in [9.17, 15) is 0 Å². The van der Waals surface area contributed by atoms with E-state index >= 15 is 0 Å². The van der Waals surface area contributed by atoms with Gasteiger partial charge in [0.1, 0.15) is 5.75 Å². The highest BCUT2D eigenvalue weighted by Crippen LogP contribution is 2.24. The normalized spacial score (nSPS) is 11.9. The summed E-state index contributed by atoms with van der Waals surface area (Å²) in [6.07, 6.45) is 4.07. The Kier molecular flexibility index (Phi) is 5.48. The lowest BCUT2D eigenvalue weighted by Gasteiger charge is -2.17. The van der Waals surface area contributed by atoms with Crippen LogP contribution in [0.4, 0.5) is 5.69 Å². The third-order valence-corrected chi connectivity index (χ3v) is 2.39. The molecule has 2 heteroatoms. The van der Waals surface area contributed by atoms with Crippen LogP contribution in [-0.4, -0.2) is 12.6 Å². The van der Waals surface area contributed by atoms with Crippen molar-refractivity contribution in [3.8, 4) is 5.75 Å². The monoisotopic (exact) mass is 219 g/mol. The molecule has 0 aliphatic heterocycles. The van der Waals surface area contributed by atoms with Crippen molar-refractivity contribution in [2.24, 2.45) is 0 Å². The minimum Gasteiger partial charge on any atom is -0.492 e. The van der Waals surface area contributed by atoms with Crippen molar-refractivity contribution >= 4 is 5.69 Å². The molecule has 1 N–H and O–H groups in total. The maximum Gasteiger partial charge on any atom is 0.142 e. The van der Waals surface area contributed by atoms with Gasteiger partial charge in [0.25, 0.3) is 0 Å². The summed E-state index contributed by atoms with van der Waals surface area (Å²) >= 11 is 0. The molecule has 1 atom stereocenters. The first-order chi connectivity index (χ1) is 7.77. The molecular weight excluding hydrogens is 198 g/mol. The predicted molar refractivity (Wildman–Crippen MR) is 70.1 cm³/mol. The molecule has 0 heterocycles. The average molecular weight is 219 g/mol. The van der Waals surface area contributed by atoms with Crippen molar-refractivity contribution in [3.63, 3.8) is 0 Å². The second-order valence-corrected chi connectivity index (χ2v) is 3.84. The molecule has 1 aromatic carbocycles. The van der Waals surface area contributed by atoms with Gasteiger partial charge in [-0.15, -0.1) is 6.58 Å². The first-order valence-corrected chi connectivity index (χ1v) is 5.87. The van der Waals surface area contributed by atoms with E-state index in [2.05, 4.69) is 24.9 Å². The molecule has 0 amide bonds. The molecule has 1 rings (SSSR count). The molecule has 0 saturated carbocycles. The first-order valence-electron chi connectivity index (χ1n) is 5.87. The molecule has 0 fully saturated rings. The number of nitrogens with one attached hydrogen (secondary N) is 1. The van der Waals surface area contributed by atoms with E-state index in [4.69, 9.17) is 4.74 Å². The number of benzene rings is 1. The van der Waals surface area contributed by atoms with E-state index in [1.165, 1.54) is 0 Å². The minimum atomic E-state index is 0.430. The van der Waals surface area contributed by atoms with Gasteiger partial charge in [-0.2, -0.15) is 0 Å². The van der Waals surface area contributed by atoms with Gasteiger partial charge in [0.15, 0.2) is 0 Å². The molecule has 0 radical (unpaired) electrons. The molecular formula is C14H21NO. The largest absolute Gasteiger partial charge is 0.492 e. The number of ether oxygens (including phenoxy) is 1. The van der Waals surface area contributed by atoms with Gasteiger partial charge in [-0.25, -0.2) is 0 Å².